The van der Waals surface area contributed by atoms with E-state index < -0.39 is 0 Å². The van der Waals surface area contributed by atoms with E-state index in [1.54, 1.807) is 0 Å². The molecule has 1 rings (SSSR count). The molecule has 18 heavy (non-hydrogen) atoms. The molecule has 0 spiro atoms. The summed E-state index contributed by atoms with van der Waals surface area (Å²) < 4.78 is 17.6. The van der Waals surface area contributed by atoms with E-state index in [-0.39, 0.29) is 6.67 Å². The number of rotatable bonds is 9. The van der Waals surface area contributed by atoms with Gasteiger partial charge in [-0.05, 0) is 51.8 Å². The molecule has 3 heteroatoms. The fraction of sp³-hybridized carbons (Fsp3) is 0.600. The van der Waals surface area contributed by atoms with Crippen molar-refractivity contribution in [2.75, 3.05) is 19.8 Å². The van der Waals surface area contributed by atoms with Crippen molar-refractivity contribution in [2.45, 2.75) is 39.2 Å². The van der Waals surface area contributed by atoms with Crippen molar-refractivity contribution in [1.29, 1.82) is 0 Å². The summed E-state index contributed by atoms with van der Waals surface area (Å²) in [6.45, 7) is 5.55. The zero-order valence-electron chi connectivity index (χ0n) is 11.4. The number of aryl methyl sites for hydroxylation is 1. The Kier molecular flexibility index (Phi) is 7.42. The molecule has 0 saturated carbocycles. The standard InChI is InChI=1S/C15H24FNO/c1-13-6-8-15(9-7-13)18-12-14(2)17-11-5-3-4-10-16/h6-9,14,17H,3-5,10-12H2,1-2H3. The molecule has 0 amide bonds. The van der Waals surface area contributed by atoms with Crippen LogP contribution in [-0.2, 0) is 0 Å². The monoisotopic (exact) mass is 253 g/mol. The minimum Gasteiger partial charge on any atom is -0.492 e. The van der Waals surface area contributed by atoms with Crippen LogP contribution in [0.5, 0.6) is 5.75 Å². The number of alkyl halides is 1. The van der Waals surface area contributed by atoms with E-state index in [4.69, 9.17) is 4.74 Å². The van der Waals surface area contributed by atoms with Gasteiger partial charge in [0.25, 0.3) is 0 Å². The van der Waals surface area contributed by atoms with Crippen molar-refractivity contribution in [2.24, 2.45) is 0 Å². The van der Waals surface area contributed by atoms with Crippen LogP contribution in [0.4, 0.5) is 4.39 Å². The Labute approximate surface area is 110 Å². The van der Waals surface area contributed by atoms with Gasteiger partial charge in [0.2, 0.25) is 0 Å². The van der Waals surface area contributed by atoms with E-state index >= 15 is 0 Å². The van der Waals surface area contributed by atoms with Gasteiger partial charge < -0.3 is 10.1 Å². The number of nitrogens with one attached hydrogen (secondary N) is 1. The Morgan fingerprint density at radius 2 is 1.89 bits per heavy atom. The average Bonchev–Trinajstić information content (AvgIpc) is 2.38. The summed E-state index contributed by atoms with van der Waals surface area (Å²) in [7, 11) is 0. The van der Waals surface area contributed by atoms with E-state index in [9.17, 15) is 4.39 Å². The maximum atomic E-state index is 11.9. The maximum absolute atomic E-state index is 11.9. The van der Waals surface area contributed by atoms with Crippen LogP contribution in [0.1, 0.15) is 31.7 Å². The zero-order valence-corrected chi connectivity index (χ0v) is 11.4. The van der Waals surface area contributed by atoms with E-state index in [0.29, 0.717) is 19.1 Å². The third-order valence-corrected chi connectivity index (χ3v) is 2.82. The summed E-state index contributed by atoms with van der Waals surface area (Å²) in [5, 5.41) is 3.38. The van der Waals surface area contributed by atoms with Crippen LogP contribution < -0.4 is 10.1 Å². The Morgan fingerprint density at radius 1 is 1.17 bits per heavy atom. The van der Waals surface area contributed by atoms with Crippen molar-refractivity contribution in [3.05, 3.63) is 29.8 Å². The van der Waals surface area contributed by atoms with Crippen LogP contribution in [0.3, 0.4) is 0 Å². The number of ether oxygens (including phenoxy) is 1. The first-order valence-electron chi connectivity index (χ1n) is 6.71. The van der Waals surface area contributed by atoms with Gasteiger partial charge >= 0.3 is 0 Å². The molecule has 0 aliphatic carbocycles. The molecule has 0 bridgehead atoms. The molecule has 1 unspecified atom stereocenters. The van der Waals surface area contributed by atoms with Crippen molar-refractivity contribution >= 4 is 0 Å². The van der Waals surface area contributed by atoms with Gasteiger partial charge in [-0.2, -0.15) is 0 Å². The third-order valence-electron chi connectivity index (χ3n) is 2.82. The second-order valence-electron chi connectivity index (χ2n) is 4.73. The highest BCUT2D eigenvalue weighted by molar-refractivity contribution is 5.26. The Morgan fingerprint density at radius 3 is 2.56 bits per heavy atom. The maximum Gasteiger partial charge on any atom is 0.119 e. The molecule has 2 nitrogen and oxygen atoms in total. The van der Waals surface area contributed by atoms with Crippen molar-refractivity contribution in [3.63, 3.8) is 0 Å². The smallest absolute Gasteiger partial charge is 0.119 e. The highest BCUT2D eigenvalue weighted by atomic mass is 19.1. The Hall–Kier alpha value is -1.09. The molecule has 0 fully saturated rings. The summed E-state index contributed by atoms with van der Waals surface area (Å²) in [4.78, 5) is 0. The van der Waals surface area contributed by atoms with Gasteiger partial charge in [0.05, 0.1) is 6.67 Å². The van der Waals surface area contributed by atoms with Crippen molar-refractivity contribution in [1.82, 2.24) is 5.32 Å². The second kappa shape index (κ2) is 8.92. The van der Waals surface area contributed by atoms with Crippen molar-refractivity contribution in [3.8, 4) is 5.75 Å². The van der Waals surface area contributed by atoms with E-state index in [2.05, 4.69) is 19.2 Å². The van der Waals surface area contributed by atoms with Crippen LogP contribution >= 0.6 is 0 Å². The molecule has 102 valence electrons. The molecular weight excluding hydrogens is 229 g/mol. The van der Waals surface area contributed by atoms with Crippen molar-refractivity contribution < 1.29 is 9.13 Å². The number of unbranched alkanes of at least 4 members (excludes halogenated alkanes) is 2. The predicted octanol–water partition coefficient (Wildman–Crippen LogP) is 3.49. The highest BCUT2D eigenvalue weighted by Crippen LogP contribution is 2.11. The average molecular weight is 253 g/mol. The Balaban J connectivity index is 2.09. The number of hydrogen-bond acceptors (Lipinski definition) is 2. The number of benzene rings is 1. The molecule has 0 saturated heterocycles. The fourth-order valence-corrected chi connectivity index (χ4v) is 1.66. The molecule has 1 N–H and O–H groups in total. The van der Waals surface area contributed by atoms with Crippen LogP contribution in [0.2, 0.25) is 0 Å². The van der Waals surface area contributed by atoms with Gasteiger partial charge in [0, 0.05) is 6.04 Å². The lowest BCUT2D eigenvalue weighted by molar-refractivity contribution is 0.272. The lowest BCUT2D eigenvalue weighted by Gasteiger charge is -2.15. The van der Waals surface area contributed by atoms with Gasteiger partial charge in [-0.1, -0.05) is 17.7 Å². The Bertz CT molecular complexity index is 313. The molecule has 1 aromatic carbocycles. The summed E-state index contributed by atoms with van der Waals surface area (Å²) in [6, 6.07) is 8.39. The third kappa shape index (κ3) is 6.60. The van der Waals surface area contributed by atoms with Crippen LogP contribution in [-0.4, -0.2) is 25.9 Å². The first-order chi connectivity index (χ1) is 8.72. The first-order valence-corrected chi connectivity index (χ1v) is 6.71. The summed E-state index contributed by atoms with van der Waals surface area (Å²) >= 11 is 0. The molecule has 0 aromatic heterocycles. The van der Waals surface area contributed by atoms with Gasteiger partial charge in [-0.15, -0.1) is 0 Å². The summed E-state index contributed by atoms with van der Waals surface area (Å²) in [5.41, 5.74) is 1.24. The SMILES string of the molecule is Cc1ccc(OCC(C)NCCCCCF)cc1. The fourth-order valence-electron chi connectivity index (χ4n) is 1.66. The largest absolute Gasteiger partial charge is 0.492 e. The molecular formula is C15H24FNO. The quantitative estimate of drug-likeness (QED) is 0.680. The van der Waals surface area contributed by atoms with Crippen LogP contribution in [0.25, 0.3) is 0 Å². The predicted molar refractivity (Wildman–Crippen MR) is 74.0 cm³/mol. The van der Waals surface area contributed by atoms with E-state index in [1.165, 1.54) is 5.56 Å². The van der Waals surface area contributed by atoms with Crippen LogP contribution in [0.15, 0.2) is 24.3 Å². The first kappa shape index (κ1) is 15.0. The molecule has 0 heterocycles. The van der Waals surface area contributed by atoms with Gasteiger partial charge in [0.1, 0.15) is 12.4 Å². The lowest BCUT2D eigenvalue weighted by Crippen LogP contribution is -2.32. The molecule has 1 aromatic rings. The zero-order chi connectivity index (χ0) is 13.2. The normalized spacial score (nSPS) is 12.4. The summed E-state index contributed by atoms with van der Waals surface area (Å²) in [5.74, 6) is 0.909. The minimum atomic E-state index is -0.202. The molecule has 0 aliphatic heterocycles. The van der Waals surface area contributed by atoms with E-state index in [1.807, 2.05) is 24.3 Å². The van der Waals surface area contributed by atoms with Gasteiger partial charge in [-0.3, -0.25) is 4.39 Å². The topological polar surface area (TPSA) is 21.3 Å². The highest BCUT2D eigenvalue weighted by Gasteiger charge is 2.02. The number of hydrogen-bond donors (Lipinski definition) is 1. The second-order valence-corrected chi connectivity index (χ2v) is 4.73. The molecule has 0 radical (unpaired) electrons. The molecule has 0 aliphatic rings. The number of halogens is 1. The van der Waals surface area contributed by atoms with Gasteiger partial charge in [-0.25, -0.2) is 0 Å². The summed E-state index contributed by atoms with van der Waals surface area (Å²) in [6.07, 6.45) is 2.66. The van der Waals surface area contributed by atoms with Gasteiger partial charge in [0.15, 0.2) is 0 Å². The van der Waals surface area contributed by atoms with E-state index in [0.717, 1.165) is 25.1 Å². The minimum absolute atomic E-state index is 0.202. The lowest BCUT2D eigenvalue weighted by atomic mass is 10.2. The van der Waals surface area contributed by atoms with Crippen LogP contribution in [0, 0.1) is 6.92 Å². The molecule has 1 atom stereocenters.